The fourth-order valence-electron chi connectivity index (χ4n) is 3.85. The Bertz CT molecular complexity index is 909. The number of ether oxygens (including phenoxy) is 1. The van der Waals surface area contributed by atoms with Gasteiger partial charge in [-0.25, -0.2) is 0 Å². The van der Waals surface area contributed by atoms with Crippen molar-refractivity contribution in [1.29, 1.82) is 0 Å². The molecule has 3 aromatic rings. The van der Waals surface area contributed by atoms with E-state index in [-0.39, 0.29) is 23.2 Å². The number of hydrogen-bond donors (Lipinski definition) is 1. The van der Waals surface area contributed by atoms with Gasteiger partial charge in [0.15, 0.2) is 0 Å². The lowest BCUT2D eigenvalue weighted by molar-refractivity contribution is -0.135. The van der Waals surface area contributed by atoms with Crippen molar-refractivity contribution in [3.8, 4) is 0 Å². The van der Waals surface area contributed by atoms with E-state index in [1.165, 1.54) is 23.6 Å². The second kappa shape index (κ2) is 15.0. The zero-order chi connectivity index (χ0) is 25.5. The number of nitrogens with zero attached hydrogens (tertiary/aromatic N) is 1. The third-order valence-electron chi connectivity index (χ3n) is 5.43. The molecule has 0 aliphatic heterocycles. The van der Waals surface area contributed by atoms with Crippen LogP contribution in [0, 0.1) is 0 Å². The summed E-state index contributed by atoms with van der Waals surface area (Å²) in [6.07, 6.45) is 0. The molecule has 2 N–H and O–H groups in total. The maximum absolute atomic E-state index is 12.2. The van der Waals surface area contributed by atoms with Gasteiger partial charge in [0.25, 0.3) is 0 Å². The number of hydrogen-bond acceptors (Lipinski definition) is 4. The molecule has 3 rings (SSSR count). The van der Waals surface area contributed by atoms with Crippen LogP contribution >= 0.6 is 11.8 Å². The highest BCUT2D eigenvalue weighted by Crippen LogP contribution is 2.48. The topological polar surface area (TPSA) is 72.6 Å². The number of carbonyl (C=O) groups excluding carboxylic acids is 2. The van der Waals surface area contributed by atoms with Crippen LogP contribution in [0.2, 0.25) is 0 Å². The van der Waals surface area contributed by atoms with E-state index in [9.17, 15) is 9.59 Å². The summed E-state index contributed by atoms with van der Waals surface area (Å²) in [7, 11) is 0. The van der Waals surface area contributed by atoms with Gasteiger partial charge in [-0.05, 0) is 30.5 Å². The molecule has 0 saturated heterocycles. The van der Waals surface area contributed by atoms with Gasteiger partial charge in [0, 0.05) is 25.8 Å². The molecule has 186 valence electrons. The Kier molecular flexibility index (Phi) is 12.1. The van der Waals surface area contributed by atoms with Crippen molar-refractivity contribution >= 4 is 23.6 Å². The summed E-state index contributed by atoms with van der Waals surface area (Å²) >= 11 is 1.85. The van der Waals surface area contributed by atoms with Gasteiger partial charge in [0.2, 0.25) is 11.8 Å². The van der Waals surface area contributed by atoms with E-state index in [1.54, 1.807) is 4.90 Å². The SMILES string of the molecule is CC(N)=O.CCN(CC)C(=O)COCCSC(c1ccccc1)(c1ccccc1)c1ccccc1. The van der Waals surface area contributed by atoms with Gasteiger partial charge in [-0.15, -0.1) is 11.8 Å². The van der Waals surface area contributed by atoms with Crippen LogP contribution in [0.3, 0.4) is 0 Å². The zero-order valence-corrected chi connectivity index (χ0v) is 21.7. The lowest BCUT2D eigenvalue weighted by Gasteiger charge is -2.35. The molecular weight excluding hydrogens is 456 g/mol. The number of amides is 2. The van der Waals surface area contributed by atoms with Crippen molar-refractivity contribution in [2.24, 2.45) is 5.73 Å². The first-order valence-corrected chi connectivity index (χ1v) is 12.9. The number of benzene rings is 3. The van der Waals surface area contributed by atoms with Crippen molar-refractivity contribution in [1.82, 2.24) is 4.90 Å². The second-order valence-corrected chi connectivity index (χ2v) is 9.17. The number of rotatable bonds is 11. The Balaban J connectivity index is 0.00000100. The lowest BCUT2D eigenvalue weighted by atomic mass is 9.84. The summed E-state index contributed by atoms with van der Waals surface area (Å²) in [5, 5.41) is 0. The van der Waals surface area contributed by atoms with Crippen molar-refractivity contribution in [2.75, 3.05) is 32.1 Å². The molecule has 0 heterocycles. The molecule has 0 atom stereocenters. The molecule has 2 amide bonds. The Morgan fingerprint density at radius 3 is 1.51 bits per heavy atom. The first-order valence-electron chi connectivity index (χ1n) is 11.9. The van der Waals surface area contributed by atoms with Gasteiger partial charge in [-0.1, -0.05) is 91.0 Å². The van der Waals surface area contributed by atoms with Gasteiger partial charge in [-0.2, -0.15) is 0 Å². The van der Waals surface area contributed by atoms with Crippen molar-refractivity contribution in [3.05, 3.63) is 108 Å². The molecule has 3 aromatic carbocycles. The molecule has 0 aliphatic carbocycles. The molecule has 6 heteroatoms. The zero-order valence-electron chi connectivity index (χ0n) is 20.9. The third kappa shape index (κ3) is 8.26. The molecule has 0 unspecified atom stereocenters. The molecule has 0 bridgehead atoms. The van der Waals surface area contributed by atoms with Crippen LogP contribution < -0.4 is 5.73 Å². The Hall–Kier alpha value is -3.09. The predicted molar refractivity (Wildman–Crippen MR) is 145 cm³/mol. The van der Waals surface area contributed by atoms with Gasteiger partial charge in [0.05, 0.1) is 11.4 Å². The number of nitrogens with two attached hydrogens (primary N) is 1. The molecule has 5 nitrogen and oxygen atoms in total. The van der Waals surface area contributed by atoms with E-state index >= 15 is 0 Å². The Morgan fingerprint density at radius 2 is 1.17 bits per heavy atom. The van der Waals surface area contributed by atoms with Crippen LogP contribution in [-0.4, -0.2) is 48.8 Å². The predicted octanol–water partition coefficient (Wildman–Crippen LogP) is 5.09. The maximum atomic E-state index is 12.2. The molecule has 35 heavy (non-hydrogen) atoms. The molecular formula is C29H36N2O3S. The highest BCUT2D eigenvalue weighted by atomic mass is 32.2. The molecule has 0 aliphatic rings. The lowest BCUT2D eigenvalue weighted by Crippen LogP contribution is -2.34. The van der Waals surface area contributed by atoms with E-state index < -0.39 is 0 Å². The molecule has 0 aromatic heterocycles. The van der Waals surface area contributed by atoms with E-state index in [1.807, 2.05) is 25.6 Å². The minimum absolute atomic E-state index is 0.0513. The van der Waals surface area contributed by atoms with Gasteiger partial charge in [0.1, 0.15) is 6.61 Å². The van der Waals surface area contributed by atoms with Crippen LogP contribution in [0.25, 0.3) is 0 Å². The highest BCUT2D eigenvalue weighted by Gasteiger charge is 2.36. The minimum Gasteiger partial charge on any atom is -0.371 e. The number of thioether (sulfide) groups is 1. The standard InChI is InChI=1S/C27H31NO2S.C2H5NO/c1-3-28(4-2)26(29)22-30-20-21-31-27(23-14-8-5-9-15-23,24-16-10-6-11-17-24)25-18-12-7-13-19-25;1-2(3)4/h5-19H,3-4,20-22H2,1-2H3;1H3,(H2,3,4). The summed E-state index contributed by atoms with van der Waals surface area (Å²) in [5.74, 6) is 0.486. The van der Waals surface area contributed by atoms with Gasteiger partial charge >= 0.3 is 0 Å². The molecule has 0 radical (unpaired) electrons. The fraction of sp³-hybridized carbons (Fsp3) is 0.310. The van der Waals surface area contributed by atoms with E-state index in [4.69, 9.17) is 4.74 Å². The van der Waals surface area contributed by atoms with Crippen LogP contribution in [0.4, 0.5) is 0 Å². The summed E-state index contributed by atoms with van der Waals surface area (Å²) in [6, 6.07) is 31.9. The molecule has 0 saturated carbocycles. The van der Waals surface area contributed by atoms with Gasteiger partial charge < -0.3 is 15.4 Å². The summed E-state index contributed by atoms with van der Waals surface area (Å²) in [4.78, 5) is 23.2. The Morgan fingerprint density at radius 1 is 0.800 bits per heavy atom. The average Bonchev–Trinajstić information content (AvgIpc) is 2.88. The minimum atomic E-state index is -0.351. The summed E-state index contributed by atoms with van der Waals surface area (Å²) in [6.45, 7) is 7.37. The maximum Gasteiger partial charge on any atom is 0.248 e. The van der Waals surface area contributed by atoms with Crippen molar-refractivity contribution in [3.63, 3.8) is 0 Å². The first-order chi connectivity index (χ1) is 17.0. The molecule has 0 spiro atoms. The number of carbonyl (C=O) groups is 2. The van der Waals surface area contributed by atoms with E-state index in [2.05, 4.69) is 96.7 Å². The Labute approximate surface area is 213 Å². The smallest absolute Gasteiger partial charge is 0.248 e. The summed E-state index contributed by atoms with van der Waals surface area (Å²) in [5.41, 5.74) is 8.17. The third-order valence-corrected chi connectivity index (χ3v) is 6.94. The van der Waals surface area contributed by atoms with Crippen molar-refractivity contribution < 1.29 is 14.3 Å². The number of likely N-dealkylation sites (N-methyl/N-ethyl adjacent to an activating group) is 1. The largest absolute Gasteiger partial charge is 0.371 e. The molecule has 0 fully saturated rings. The van der Waals surface area contributed by atoms with Crippen LogP contribution in [-0.2, 0) is 19.1 Å². The fourth-order valence-corrected chi connectivity index (χ4v) is 5.26. The second-order valence-electron chi connectivity index (χ2n) is 7.86. The summed E-state index contributed by atoms with van der Waals surface area (Å²) < 4.78 is 5.42. The first kappa shape index (κ1) is 28.1. The quantitative estimate of drug-likeness (QED) is 0.299. The van der Waals surface area contributed by atoms with Crippen LogP contribution in [0.5, 0.6) is 0 Å². The normalized spacial score (nSPS) is 10.7. The van der Waals surface area contributed by atoms with E-state index in [0.29, 0.717) is 19.7 Å². The van der Waals surface area contributed by atoms with Crippen molar-refractivity contribution in [2.45, 2.75) is 25.5 Å². The highest BCUT2D eigenvalue weighted by molar-refractivity contribution is 8.00. The van der Waals surface area contributed by atoms with E-state index in [0.717, 1.165) is 5.75 Å². The van der Waals surface area contributed by atoms with Crippen LogP contribution in [0.15, 0.2) is 91.0 Å². The average molecular weight is 493 g/mol. The monoisotopic (exact) mass is 492 g/mol. The van der Waals surface area contributed by atoms with Gasteiger partial charge in [-0.3, -0.25) is 9.59 Å². The van der Waals surface area contributed by atoms with Crippen LogP contribution in [0.1, 0.15) is 37.5 Å². The number of primary amides is 1.